The van der Waals surface area contributed by atoms with Crippen LogP contribution in [0.5, 0.6) is 0 Å². The number of rotatable bonds is 5. The van der Waals surface area contributed by atoms with Crippen LogP contribution in [0.15, 0.2) is 0 Å². The van der Waals surface area contributed by atoms with Crippen molar-refractivity contribution in [2.24, 2.45) is 18.9 Å². The van der Waals surface area contributed by atoms with Gasteiger partial charge < -0.3 is 0 Å². The number of alkyl halides is 1. The van der Waals surface area contributed by atoms with Crippen LogP contribution in [0.1, 0.15) is 26.1 Å². The fourth-order valence-electron chi connectivity index (χ4n) is 1.53. The summed E-state index contributed by atoms with van der Waals surface area (Å²) in [6.07, 6.45) is 2.11. The molecule has 4 nitrogen and oxygen atoms in total. The standard InChI is InChI=1S/C9H17BrN4/c1-7(2)4-8(6-10)5-9-11-13-14(3)12-9/h7-8H,4-6H2,1-3H3. The average molecular weight is 261 g/mol. The third-order valence-electron chi connectivity index (χ3n) is 2.04. The van der Waals surface area contributed by atoms with Crippen molar-refractivity contribution in [2.75, 3.05) is 5.33 Å². The van der Waals surface area contributed by atoms with E-state index in [1.807, 2.05) is 0 Å². The van der Waals surface area contributed by atoms with E-state index in [2.05, 4.69) is 45.2 Å². The number of hydrogen-bond donors (Lipinski definition) is 0. The minimum atomic E-state index is 0.610. The Balaban J connectivity index is 2.48. The van der Waals surface area contributed by atoms with Gasteiger partial charge in [0.2, 0.25) is 0 Å². The summed E-state index contributed by atoms with van der Waals surface area (Å²) in [4.78, 5) is 1.51. The van der Waals surface area contributed by atoms with Gasteiger partial charge in [0.1, 0.15) is 0 Å². The van der Waals surface area contributed by atoms with E-state index < -0.39 is 0 Å². The number of aromatic nitrogens is 4. The molecular formula is C9H17BrN4. The van der Waals surface area contributed by atoms with Crippen LogP contribution < -0.4 is 0 Å². The van der Waals surface area contributed by atoms with Crippen molar-refractivity contribution in [3.05, 3.63) is 5.82 Å². The first-order valence-corrected chi connectivity index (χ1v) is 6.02. The molecule has 0 saturated carbocycles. The van der Waals surface area contributed by atoms with Crippen LogP contribution in [0.3, 0.4) is 0 Å². The number of aryl methyl sites for hydroxylation is 1. The van der Waals surface area contributed by atoms with E-state index in [4.69, 9.17) is 0 Å². The molecule has 0 N–H and O–H groups in total. The van der Waals surface area contributed by atoms with Gasteiger partial charge in [-0.1, -0.05) is 29.8 Å². The van der Waals surface area contributed by atoms with Crippen molar-refractivity contribution in [1.82, 2.24) is 20.2 Å². The molecule has 5 heteroatoms. The maximum atomic E-state index is 4.18. The summed E-state index contributed by atoms with van der Waals surface area (Å²) in [5.41, 5.74) is 0. The van der Waals surface area contributed by atoms with Gasteiger partial charge >= 0.3 is 0 Å². The number of halogens is 1. The molecule has 0 aliphatic carbocycles. The molecule has 80 valence electrons. The average Bonchev–Trinajstić information content (AvgIpc) is 2.49. The molecular weight excluding hydrogens is 244 g/mol. The van der Waals surface area contributed by atoms with Crippen molar-refractivity contribution in [3.8, 4) is 0 Å². The zero-order valence-corrected chi connectivity index (χ0v) is 10.5. The molecule has 0 aliphatic rings. The summed E-state index contributed by atoms with van der Waals surface area (Å²) in [7, 11) is 1.79. The third kappa shape index (κ3) is 3.74. The Bertz CT molecular complexity index is 272. The van der Waals surface area contributed by atoms with Crippen molar-refractivity contribution in [3.63, 3.8) is 0 Å². The van der Waals surface area contributed by atoms with E-state index in [-0.39, 0.29) is 0 Å². The van der Waals surface area contributed by atoms with Crippen LogP contribution >= 0.6 is 15.9 Å². The molecule has 0 aromatic carbocycles. The van der Waals surface area contributed by atoms with Crippen LogP contribution in [0, 0.1) is 11.8 Å². The second kappa shape index (κ2) is 5.44. The lowest BCUT2D eigenvalue weighted by atomic mass is 9.96. The zero-order chi connectivity index (χ0) is 10.6. The molecule has 14 heavy (non-hydrogen) atoms. The van der Waals surface area contributed by atoms with Crippen LogP contribution in [0.25, 0.3) is 0 Å². The maximum Gasteiger partial charge on any atom is 0.175 e. The van der Waals surface area contributed by atoms with E-state index in [0.29, 0.717) is 11.8 Å². The van der Waals surface area contributed by atoms with Crippen LogP contribution in [-0.4, -0.2) is 25.5 Å². The minimum absolute atomic E-state index is 0.610. The van der Waals surface area contributed by atoms with Gasteiger partial charge in [0, 0.05) is 11.8 Å². The lowest BCUT2D eigenvalue weighted by molar-refractivity contribution is 0.437. The van der Waals surface area contributed by atoms with E-state index >= 15 is 0 Å². The molecule has 0 saturated heterocycles. The zero-order valence-electron chi connectivity index (χ0n) is 8.94. The largest absolute Gasteiger partial charge is 0.175 e. The summed E-state index contributed by atoms with van der Waals surface area (Å²) in [5.74, 6) is 2.17. The highest BCUT2D eigenvalue weighted by Crippen LogP contribution is 2.17. The molecule has 0 fully saturated rings. The van der Waals surface area contributed by atoms with Gasteiger partial charge in [-0.2, -0.15) is 4.80 Å². The topological polar surface area (TPSA) is 43.6 Å². The number of tetrazole rings is 1. The van der Waals surface area contributed by atoms with Crippen LogP contribution in [-0.2, 0) is 13.5 Å². The van der Waals surface area contributed by atoms with Gasteiger partial charge in [-0.3, -0.25) is 0 Å². The predicted octanol–water partition coefficient (Wildman–Crippen LogP) is 1.81. The van der Waals surface area contributed by atoms with Gasteiger partial charge in [0.05, 0.1) is 7.05 Å². The minimum Gasteiger partial charge on any atom is -0.167 e. The first kappa shape index (κ1) is 11.6. The molecule has 1 aromatic rings. The van der Waals surface area contributed by atoms with Crippen molar-refractivity contribution < 1.29 is 0 Å². The second-order valence-electron chi connectivity index (χ2n) is 4.05. The quantitative estimate of drug-likeness (QED) is 0.759. The van der Waals surface area contributed by atoms with Gasteiger partial charge in [-0.25, -0.2) is 0 Å². The lowest BCUT2D eigenvalue weighted by Crippen LogP contribution is -2.10. The summed E-state index contributed by atoms with van der Waals surface area (Å²) in [6.45, 7) is 4.47. The first-order chi connectivity index (χ1) is 6.61. The van der Waals surface area contributed by atoms with E-state index in [1.165, 1.54) is 11.2 Å². The SMILES string of the molecule is CC(C)CC(CBr)Cc1nnn(C)n1. The highest BCUT2D eigenvalue weighted by Gasteiger charge is 2.13. The van der Waals surface area contributed by atoms with Gasteiger partial charge in [0.25, 0.3) is 0 Å². The molecule has 1 rings (SSSR count). The number of hydrogen-bond acceptors (Lipinski definition) is 3. The highest BCUT2D eigenvalue weighted by atomic mass is 79.9. The fraction of sp³-hybridized carbons (Fsp3) is 0.889. The molecule has 1 heterocycles. The van der Waals surface area contributed by atoms with Crippen LogP contribution in [0.2, 0.25) is 0 Å². The molecule has 0 bridgehead atoms. The Morgan fingerprint density at radius 3 is 2.57 bits per heavy atom. The van der Waals surface area contributed by atoms with Crippen LogP contribution in [0.4, 0.5) is 0 Å². The summed E-state index contributed by atoms with van der Waals surface area (Å²) >= 11 is 3.53. The Hall–Kier alpha value is -0.450. The van der Waals surface area contributed by atoms with Gasteiger partial charge in [0.15, 0.2) is 5.82 Å². The Kier molecular flexibility index (Phi) is 4.51. The van der Waals surface area contributed by atoms with Crippen molar-refractivity contribution >= 4 is 15.9 Å². The summed E-state index contributed by atoms with van der Waals surface area (Å²) < 4.78 is 0. The van der Waals surface area contributed by atoms with E-state index in [0.717, 1.165) is 17.6 Å². The monoisotopic (exact) mass is 260 g/mol. The molecule has 0 spiro atoms. The van der Waals surface area contributed by atoms with E-state index in [9.17, 15) is 0 Å². The molecule has 1 atom stereocenters. The van der Waals surface area contributed by atoms with Gasteiger partial charge in [-0.15, -0.1) is 10.2 Å². The van der Waals surface area contributed by atoms with Crippen molar-refractivity contribution in [1.29, 1.82) is 0 Å². The Morgan fingerprint density at radius 1 is 1.43 bits per heavy atom. The van der Waals surface area contributed by atoms with Crippen molar-refractivity contribution in [2.45, 2.75) is 26.7 Å². The maximum absolute atomic E-state index is 4.18. The number of nitrogens with zero attached hydrogens (tertiary/aromatic N) is 4. The Labute approximate surface area is 93.2 Å². The molecule has 0 aliphatic heterocycles. The van der Waals surface area contributed by atoms with E-state index in [1.54, 1.807) is 7.05 Å². The first-order valence-electron chi connectivity index (χ1n) is 4.90. The smallest absolute Gasteiger partial charge is 0.167 e. The molecule has 1 aromatic heterocycles. The fourth-order valence-corrected chi connectivity index (χ4v) is 2.02. The lowest BCUT2D eigenvalue weighted by Gasteiger charge is -2.13. The second-order valence-corrected chi connectivity index (χ2v) is 4.70. The molecule has 0 amide bonds. The summed E-state index contributed by atoms with van der Waals surface area (Å²) in [6, 6.07) is 0. The Morgan fingerprint density at radius 2 is 2.14 bits per heavy atom. The predicted molar refractivity (Wildman–Crippen MR) is 59.2 cm³/mol. The molecule has 0 radical (unpaired) electrons. The van der Waals surface area contributed by atoms with Gasteiger partial charge in [-0.05, 0) is 23.5 Å². The molecule has 1 unspecified atom stereocenters. The normalized spacial score (nSPS) is 13.5. The summed E-state index contributed by atoms with van der Waals surface area (Å²) in [5, 5.41) is 13.0. The highest BCUT2D eigenvalue weighted by molar-refractivity contribution is 9.09. The third-order valence-corrected chi connectivity index (χ3v) is 2.96.